The zero-order valence-corrected chi connectivity index (χ0v) is 10.4. The summed E-state index contributed by atoms with van der Waals surface area (Å²) >= 11 is 0. The Labute approximate surface area is 101 Å². The molecule has 0 aliphatic rings. The zero-order valence-electron chi connectivity index (χ0n) is 10.4. The highest BCUT2D eigenvalue weighted by atomic mass is 15.3. The number of hydrogen-bond acceptors (Lipinski definition) is 4. The first-order valence-electron chi connectivity index (χ1n) is 5.86. The molecule has 5 heteroatoms. The minimum absolute atomic E-state index is 0.723. The van der Waals surface area contributed by atoms with Crippen molar-refractivity contribution in [2.45, 2.75) is 27.3 Å². The van der Waals surface area contributed by atoms with E-state index in [-0.39, 0.29) is 0 Å². The van der Waals surface area contributed by atoms with Crippen LogP contribution >= 0.6 is 0 Å². The molecule has 0 bridgehead atoms. The van der Waals surface area contributed by atoms with Crippen LogP contribution in [0, 0.1) is 6.92 Å². The first-order chi connectivity index (χ1) is 8.24. The van der Waals surface area contributed by atoms with Crippen LogP contribution in [0.1, 0.15) is 19.5 Å². The maximum Gasteiger partial charge on any atom is 0.180 e. The van der Waals surface area contributed by atoms with E-state index in [1.807, 2.05) is 30.7 Å². The summed E-state index contributed by atoms with van der Waals surface area (Å²) in [6.45, 7) is 7.74. The molecule has 2 heterocycles. The van der Waals surface area contributed by atoms with Crippen molar-refractivity contribution in [3.63, 3.8) is 0 Å². The Morgan fingerprint density at radius 1 is 1.29 bits per heavy atom. The lowest BCUT2D eigenvalue weighted by Gasteiger charge is -2.07. The van der Waals surface area contributed by atoms with Crippen molar-refractivity contribution in [2.24, 2.45) is 0 Å². The van der Waals surface area contributed by atoms with Crippen molar-refractivity contribution in [1.82, 2.24) is 19.7 Å². The molecule has 0 aromatic carbocycles. The summed E-state index contributed by atoms with van der Waals surface area (Å²) in [5.41, 5.74) is 1.91. The molecule has 5 nitrogen and oxygen atoms in total. The molecule has 0 amide bonds. The first-order valence-corrected chi connectivity index (χ1v) is 5.86. The van der Waals surface area contributed by atoms with Crippen LogP contribution in [0.4, 0.5) is 5.82 Å². The molecule has 0 saturated carbocycles. The maximum absolute atomic E-state index is 4.49. The van der Waals surface area contributed by atoms with Crippen LogP contribution in [0.15, 0.2) is 18.3 Å². The molecular formula is C12H17N5. The van der Waals surface area contributed by atoms with Crippen molar-refractivity contribution < 1.29 is 0 Å². The molecule has 90 valence electrons. The molecule has 0 fully saturated rings. The van der Waals surface area contributed by atoms with Crippen LogP contribution in [0.3, 0.4) is 0 Å². The van der Waals surface area contributed by atoms with Crippen LogP contribution in [-0.2, 0) is 6.54 Å². The highest BCUT2D eigenvalue weighted by molar-refractivity contribution is 5.53. The van der Waals surface area contributed by atoms with Gasteiger partial charge >= 0.3 is 0 Å². The normalized spacial score (nSPS) is 10.5. The van der Waals surface area contributed by atoms with Gasteiger partial charge in [0.2, 0.25) is 0 Å². The fraction of sp³-hybridized carbons (Fsp3) is 0.417. The quantitative estimate of drug-likeness (QED) is 0.875. The van der Waals surface area contributed by atoms with E-state index in [1.165, 1.54) is 0 Å². The second kappa shape index (κ2) is 4.95. The van der Waals surface area contributed by atoms with Gasteiger partial charge < -0.3 is 5.32 Å². The lowest BCUT2D eigenvalue weighted by atomic mass is 10.3. The van der Waals surface area contributed by atoms with Crippen LogP contribution in [-0.4, -0.2) is 26.3 Å². The Balaban J connectivity index is 2.44. The number of anilines is 1. The third-order valence-corrected chi connectivity index (χ3v) is 2.46. The molecular weight excluding hydrogens is 214 g/mol. The maximum atomic E-state index is 4.49. The summed E-state index contributed by atoms with van der Waals surface area (Å²) in [5.74, 6) is 1.58. The van der Waals surface area contributed by atoms with Crippen molar-refractivity contribution in [1.29, 1.82) is 0 Å². The van der Waals surface area contributed by atoms with E-state index < -0.39 is 0 Å². The van der Waals surface area contributed by atoms with Crippen molar-refractivity contribution in [2.75, 3.05) is 11.9 Å². The Bertz CT molecular complexity index is 503. The van der Waals surface area contributed by atoms with Gasteiger partial charge in [-0.05, 0) is 26.8 Å². The van der Waals surface area contributed by atoms with Crippen LogP contribution in [0.25, 0.3) is 11.5 Å². The third kappa shape index (κ3) is 2.43. The third-order valence-electron chi connectivity index (χ3n) is 2.46. The lowest BCUT2D eigenvalue weighted by Crippen LogP contribution is -2.05. The van der Waals surface area contributed by atoms with Gasteiger partial charge in [-0.25, -0.2) is 9.97 Å². The number of hydrogen-bond donors (Lipinski definition) is 1. The Morgan fingerprint density at radius 3 is 2.82 bits per heavy atom. The smallest absolute Gasteiger partial charge is 0.180 e. The minimum atomic E-state index is 0.723. The van der Waals surface area contributed by atoms with Gasteiger partial charge in [0.1, 0.15) is 11.5 Å². The second-order valence-electron chi connectivity index (χ2n) is 3.78. The molecule has 0 aliphatic carbocycles. The highest BCUT2D eigenvalue weighted by Gasteiger charge is 2.09. The van der Waals surface area contributed by atoms with Gasteiger partial charge in [0.05, 0.1) is 0 Å². The molecule has 2 aromatic rings. The van der Waals surface area contributed by atoms with Crippen LogP contribution in [0.5, 0.6) is 0 Å². The molecule has 0 saturated heterocycles. The van der Waals surface area contributed by atoms with Crippen molar-refractivity contribution in [3.05, 3.63) is 24.0 Å². The van der Waals surface area contributed by atoms with E-state index in [1.54, 1.807) is 6.20 Å². The van der Waals surface area contributed by atoms with Gasteiger partial charge in [0.15, 0.2) is 5.82 Å². The Hall–Kier alpha value is -1.91. The molecule has 0 unspecified atom stereocenters. The summed E-state index contributed by atoms with van der Waals surface area (Å²) in [4.78, 5) is 8.95. The summed E-state index contributed by atoms with van der Waals surface area (Å²) < 4.78 is 1.89. The summed E-state index contributed by atoms with van der Waals surface area (Å²) in [5, 5.41) is 7.44. The fourth-order valence-electron chi connectivity index (χ4n) is 1.73. The Kier molecular flexibility index (Phi) is 3.37. The predicted molar refractivity (Wildman–Crippen MR) is 67.8 cm³/mol. The second-order valence-corrected chi connectivity index (χ2v) is 3.78. The van der Waals surface area contributed by atoms with Gasteiger partial charge in [-0.1, -0.05) is 0 Å². The van der Waals surface area contributed by atoms with Gasteiger partial charge in [-0.3, -0.25) is 4.68 Å². The topological polar surface area (TPSA) is 55.6 Å². The van der Waals surface area contributed by atoms with Crippen molar-refractivity contribution >= 4 is 5.82 Å². The highest BCUT2D eigenvalue weighted by Crippen LogP contribution is 2.17. The lowest BCUT2D eigenvalue weighted by molar-refractivity contribution is 0.663. The molecule has 0 radical (unpaired) electrons. The fourth-order valence-corrected chi connectivity index (χ4v) is 1.73. The average molecular weight is 231 g/mol. The molecule has 0 atom stereocenters. The SMILES string of the molecule is CCNc1cc(C)nc(-c2ccnn2CC)n1. The van der Waals surface area contributed by atoms with Gasteiger partial charge in [-0.2, -0.15) is 5.10 Å². The number of nitrogens with zero attached hydrogens (tertiary/aromatic N) is 4. The standard InChI is InChI=1S/C12H17N5/c1-4-13-11-8-9(3)15-12(16-11)10-6-7-14-17(10)5-2/h6-8H,4-5H2,1-3H3,(H,13,15,16). The molecule has 1 N–H and O–H groups in total. The summed E-state index contributed by atoms with van der Waals surface area (Å²) in [7, 11) is 0. The van der Waals surface area contributed by atoms with Crippen molar-refractivity contribution in [3.8, 4) is 11.5 Å². The van der Waals surface area contributed by atoms with E-state index in [4.69, 9.17) is 0 Å². The summed E-state index contributed by atoms with van der Waals surface area (Å²) in [6, 6.07) is 3.88. The number of aryl methyl sites for hydroxylation is 2. The van der Waals surface area contributed by atoms with Crippen LogP contribution in [0.2, 0.25) is 0 Å². The van der Waals surface area contributed by atoms with E-state index in [0.29, 0.717) is 0 Å². The van der Waals surface area contributed by atoms with Crippen LogP contribution < -0.4 is 5.32 Å². The van der Waals surface area contributed by atoms with E-state index in [9.17, 15) is 0 Å². The molecule has 0 spiro atoms. The van der Waals surface area contributed by atoms with Gasteiger partial charge in [0, 0.05) is 31.0 Å². The average Bonchev–Trinajstić information content (AvgIpc) is 2.76. The molecule has 0 aliphatic heterocycles. The Morgan fingerprint density at radius 2 is 2.12 bits per heavy atom. The van der Waals surface area contributed by atoms with E-state index in [0.717, 1.165) is 36.1 Å². The number of nitrogens with one attached hydrogen (secondary N) is 1. The van der Waals surface area contributed by atoms with Gasteiger partial charge in [-0.15, -0.1) is 0 Å². The summed E-state index contributed by atoms with van der Waals surface area (Å²) in [6.07, 6.45) is 1.78. The predicted octanol–water partition coefficient (Wildman–Crippen LogP) is 2.10. The monoisotopic (exact) mass is 231 g/mol. The minimum Gasteiger partial charge on any atom is -0.370 e. The molecule has 17 heavy (non-hydrogen) atoms. The number of rotatable bonds is 4. The first kappa shape index (κ1) is 11.6. The van der Waals surface area contributed by atoms with E-state index >= 15 is 0 Å². The molecule has 2 rings (SSSR count). The zero-order chi connectivity index (χ0) is 12.3. The molecule has 2 aromatic heterocycles. The number of aromatic nitrogens is 4. The largest absolute Gasteiger partial charge is 0.370 e. The van der Waals surface area contributed by atoms with E-state index in [2.05, 4.69) is 27.3 Å². The van der Waals surface area contributed by atoms with Gasteiger partial charge in [0.25, 0.3) is 0 Å².